The Morgan fingerprint density at radius 2 is 1.24 bits per heavy atom. The van der Waals surface area contributed by atoms with Gasteiger partial charge < -0.3 is 10.4 Å². The fourth-order valence-corrected chi connectivity index (χ4v) is 8.78. The van der Waals surface area contributed by atoms with Crippen LogP contribution >= 0.6 is 11.3 Å². The Morgan fingerprint density at radius 3 is 1.80 bits per heavy atom. The Balaban J connectivity index is 0.000000163. The van der Waals surface area contributed by atoms with Gasteiger partial charge in [-0.3, -0.25) is 19.2 Å². The van der Waals surface area contributed by atoms with Crippen LogP contribution in [0.5, 0.6) is 0 Å². The normalized spacial score (nSPS) is 28.8. The van der Waals surface area contributed by atoms with Crippen molar-refractivity contribution in [1.82, 2.24) is 4.98 Å². The molecule has 1 heterocycles. The van der Waals surface area contributed by atoms with E-state index in [1.165, 1.54) is 11.3 Å². The quantitative estimate of drug-likeness (QED) is 0.248. The maximum absolute atomic E-state index is 13.3. The molecule has 6 aliphatic carbocycles. The van der Waals surface area contributed by atoms with E-state index >= 15 is 0 Å². The van der Waals surface area contributed by atoms with Gasteiger partial charge in [0.25, 0.3) is 0 Å². The van der Waals surface area contributed by atoms with Crippen LogP contribution in [0.2, 0.25) is 0 Å². The van der Waals surface area contributed by atoms with Crippen LogP contribution in [0.4, 0.5) is 5.13 Å². The van der Waals surface area contributed by atoms with Gasteiger partial charge in [0.1, 0.15) is 11.6 Å². The van der Waals surface area contributed by atoms with Gasteiger partial charge in [0.2, 0.25) is 5.91 Å². The Labute approximate surface area is 265 Å². The van der Waals surface area contributed by atoms with Crippen molar-refractivity contribution in [2.24, 2.45) is 10.8 Å². The van der Waals surface area contributed by atoms with Gasteiger partial charge in [0, 0.05) is 47.5 Å². The Morgan fingerprint density at radius 1 is 0.756 bits per heavy atom. The van der Waals surface area contributed by atoms with Crippen molar-refractivity contribution < 1.29 is 24.3 Å². The summed E-state index contributed by atoms with van der Waals surface area (Å²) in [5, 5.41) is 15.0. The number of thiazole rings is 1. The number of benzene rings is 3. The summed E-state index contributed by atoms with van der Waals surface area (Å²) in [5.74, 6) is -0.983. The summed E-state index contributed by atoms with van der Waals surface area (Å²) in [5.41, 5.74) is 4.87. The predicted molar refractivity (Wildman–Crippen MR) is 172 cm³/mol. The van der Waals surface area contributed by atoms with E-state index in [4.69, 9.17) is 0 Å². The van der Waals surface area contributed by atoms with Crippen LogP contribution in [0.15, 0.2) is 84.2 Å². The number of aromatic nitrogens is 1. The minimum Gasteiger partial charge on any atom is -0.481 e. The van der Waals surface area contributed by atoms with Crippen LogP contribution in [-0.4, -0.2) is 33.5 Å². The van der Waals surface area contributed by atoms with Gasteiger partial charge in [-0.15, -0.1) is 11.3 Å². The molecule has 0 spiro atoms. The minimum atomic E-state index is -0.785. The highest BCUT2D eigenvalue weighted by Gasteiger charge is 2.56. The number of carboxylic acid groups (broad SMARTS) is 1. The lowest BCUT2D eigenvalue weighted by Crippen LogP contribution is -2.49. The molecule has 1 amide bonds. The fourth-order valence-electron chi connectivity index (χ4n) is 8.06. The van der Waals surface area contributed by atoms with Gasteiger partial charge >= 0.3 is 5.97 Å². The highest BCUT2D eigenvalue weighted by molar-refractivity contribution is 7.14. The number of anilines is 1. The third-order valence-electron chi connectivity index (χ3n) is 10.7. The zero-order valence-corrected chi connectivity index (χ0v) is 26.0. The van der Waals surface area contributed by atoms with Crippen LogP contribution in [0, 0.1) is 10.8 Å². The Hall–Kier alpha value is -4.43. The standard InChI is InChI=1S/C23H20N2O2S.C14H14O3/c1-23(12-17-15-9-5-6-10-16(15)18(23)11-20(17)26)21(27)25-22-24-19(13-28-22)14-7-3-2-4-8-14;1-14(13(16)17)7-10-8-4-2-3-5-9(8)11(14)6-12(10)15/h2-10,13,17-18H,11-12H2,1H3,(H,24,25,27);2-5,10-11H,6-7H2,1H3,(H,16,17). The molecular weight excluding hydrogens is 584 g/mol. The average Bonchev–Trinajstić information content (AvgIpc) is 3.52. The number of fused-ring (bicyclic) bond motifs is 4. The van der Waals surface area contributed by atoms with Crippen LogP contribution in [0.3, 0.4) is 0 Å². The third kappa shape index (κ3) is 4.74. The summed E-state index contributed by atoms with van der Waals surface area (Å²) in [6.45, 7) is 3.77. The van der Waals surface area contributed by atoms with E-state index in [0.29, 0.717) is 30.8 Å². The number of hydrogen-bond donors (Lipinski definition) is 2. The Kier molecular flexibility index (Phi) is 7.08. The van der Waals surface area contributed by atoms with Crippen molar-refractivity contribution in [3.05, 3.63) is 106 Å². The van der Waals surface area contributed by atoms with Crippen LogP contribution < -0.4 is 5.32 Å². The van der Waals surface area contributed by atoms with Gasteiger partial charge in [-0.25, -0.2) is 4.98 Å². The first-order chi connectivity index (χ1) is 21.6. The summed E-state index contributed by atoms with van der Waals surface area (Å²) in [7, 11) is 0. The number of rotatable bonds is 4. The zero-order valence-electron chi connectivity index (χ0n) is 25.2. The van der Waals surface area contributed by atoms with Crippen LogP contribution in [0.25, 0.3) is 11.3 Å². The minimum absolute atomic E-state index is 0.0431. The molecule has 2 saturated carbocycles. The second-order valence-electron chi connectivity index (χ2n) is 13.2. The summed E-state index contributed by atoms with van der Waals surface area (Å²) in [6, 6.07) is 25.8. The fraction of sp³-hybridized carbons (Fsp3) is 0.324. The number of carbonyl (C=O) groups excluding carboxylic acids is 3. The van der Waals surface area contributed by atoms with Crippen molar-refractivity contribution in [3.63, 3.8) is 0 Å². The van der Waals surface area contributed by atoms with Gasteiger partial charge in [-0.2, -0.15) is 0 Å². The van der Waals surface area contributed by atoms with E-state index in [0.717, 1.165) is 33.5 Å². The van der Waals surface area contributed by atoms with E-state index in [1.54, 1.807) is 6.92 Å². The van der Waals surface area contributed by atoms with Gasteiger partial charge in [-0.05, 0) is 42.0 Å². The molecular formula is C37H34N2O5S. The topological polar surface area (TPSA) is 113 Å². The maximum Gasteiger partial charge on any atom is 0.310 e. The van der Waals surface area contributed by atoms with Crippen molar-refractivity contribution >= 4 is 39.9 Å². The molecule has 1 aromatic heterocycles. The largest absolute Gasteiger partial charge is 0.481 e. The highest BCUT2D eigenvalue weighted by Crippen LogP contribution is 2.58. The number of carboxylic acids is 1. The van der Waals surface area contributed by atoms with Crippen molar-refractivity contribution in [2.45, 2.75) is 63.2 Å². The molecule has 8 heteroatoms. The Bertz CT molecular complexity index is 1850. The second-order valence-corrected chi connectivity index (χ2v) is 14.1. The van der Waals surface area contributed by atoms with Gasteiger partial charge in [0.05, 0.1) is 16.5 Å². The molecule has 0 aliphatic heterocycles. The smallest absolute Gasteiger partial charge is 0.310 e. The first kappa shape index (κ1) is 29.3. The molecule has 228 valence electrons. The summed E-state index contributed by atoms with van der Waals surface area (Å²) in [4.78, 5) is 53.8. The first-order valence-corrected chi connectivity index (χ1v) is 16.3. The maximum atomic E-state index is 13.3. The second kappa shape index (κ2) is 10.9. The van der Waals surface area contributed by atoms with Crippen molar-refractivity contribution in [1.29, 1.82) is 0 Å². The highest BCUT2D eigenvalue weighted by atomic mass is 32.1. The monoisotopic (exact) mass is 618 g/mol. The molecule has 45 heavy (non-hydrogen) atoms. The summed E-state index contributed by atoms with van der Waals surface area (Å²) < 4.78 is 0. The molecule has 7 nitrogen and oxygen atoms in total. The van der Waals surface area contributed by atoms with Crippen LogP contribution in [0.1, 0.15) is 85.5 Å². The number of Topliss-reactive ketones (excluding diaryl/α,β-unsaturated/α-hetero) is 2. The predicted octanol–water partition coefficient (Wildman–Crippen LogP) is 7.32. The van der Waals surface area contributed by atoms with Gasteiger partial charge in [-0.1, -0.05) is 85.8 Å². The molecule has 2 N–H and O–H groups in total. The number of hydrogen-bond acceptors (Lipinski definition) is 6. The van der Waals surface area contributed by atoms with E-state index in [2.05, 4.69) is 16.4 Å². The van der Waals surface area contributed by atoms with E-state index in [-0.39, 0.29) is 41.1 Å². The molecule has 4 aromatic rings. The molecule has 3 aromatic carbocycles. The molecule has 10 rings (SSSR count). The molecule has 0 saturated heterocycles. The van der Waals surface area contributed by atoms with Crippen LogP contribution in [-0.2, 0) is 19.2 Å². The van der Waals surface area contributed by atoms with Crippen molar-refractivity contribution in [3.8, 4) is 11.3 Å². The molecule has 6 aliphatic rings. The number of ketones is 2. The molecule has 6 unspecified atom stereocenters. The molecule has 2 fully saturated rings. The lowest BCUT2D eigenvalue weighted by Gasteiger charge is -2.48. The van der Waals surface area contributed by atoms with E-state index in [9.17, 15) is 24.3 Å². The number of nitrogens with zero attached hydrogens (tertiary/aromatic N) is 1. The molecule has 0 radical (unpaired) electrons. The third-order valence-corrected chi connectivity index (χ3v) is 11.4. The molecule has 4 bridgehead atoms. The lowest BCUT2D eigenvalue weighted by atomic mass is 9.54. The number of aliphatic carboxylic acids is 1. The average molecular weight is 619 g/mol. The summed E-state index contributed by atoms with van der Waals surface area (Å²) in [6.07, 6.45) is 1.84. The van der Waals surface area contributed by atoms with E-state index in [1.807, 2.05) is 85.1 Å². The zero-order chi connectivity index (χ0) is 31.5. The first-order valence-electron chi connectivity index (χ1n) is 15.4. The SMILES string of the molecule is CC1(C(=O)Nc2nc(-c3ccccc3)cs2)CC2C(=O)CC1c1ccccc12.CC1(C(=O)O)CC2C(=O)CC1c1ccccc12. The van der Waals surface area contributed by atoms with E-state index < -0.39 is 16.8 Å². The number of carbonyl (C=O) groups is 4. The number of amides is 1. The summed E-state index contributed by atoms with van der Waals surface area (Å²) >= 11 is 1.43. The molecule has 6 atom stereocenters. The number of nitrogens with one attached hydrogen (secondary N) is 1. The lowest BCUT2D eigenvalue weighted by molar-refractivity contribution is -0.153. The van der Waals surface area contributed by atoms with Crippen molar-refractivity contribution in [2.75, 3.05) is 5.32 Å². The van der Waals surface area contributed by atoms with Gasteiger partial charge in [0.15, 0.2) is 5.13 Å².